The smallest absolute Gasteiger partial charge is 0.343 e. The van der Waals surface area contributed by atoms with Gasteiger partial charge in [-0.15, -0.1) is 0 Å². The second-order valence-electron chi connectivity index (χ2n) is 6.97. The molecule has 0 N–H and O–H groups in total. The molecule has 168 valence electrons. The van der Waals surface area contributed by atoms with Gasteiger partial charge in [-0.05, 0) is 55.7 Å². The quantitative estimate of drug-likeness (QED) is 0.296. The number of rotatable bonds is 8. The van der Waals surface area contributed by atoms with Crippen LogP contribution in [0.1, 0.15) is 34.8 Å². The van der Waals surface area contributed by atoms with Gasteiger partial charge < -0.3 is 23.4 Å². The van der Waals surface area contributed by atoms with E-state index in [1.807, 2.05) is 0 Å². The van der Waals surface area contributed by atoms with E-state index in [9.17, 15) is 14.4 Å². The van der Waals surface area contributed by atoms with E-state index < -0.39 is 11.6 Å². The maximum atomic E-state index is 12.8. The Morgan fingerprint density at radius 2 is 1.72 bits per heavy atom. The number of hydrogen-bond donors (Lipinski definition) is 0. The molecule has 8 heteroatoms. The SMILES string of the molecule is CCOC(=O)CCc1cc2c(C)cc(=O)oc2cc1OC(=O)c1ccc(OC)c(OC)c1. The van der Waals surface area contributed by atoms with Crippen molar-refractivity contribution in [3.63, 3.8) is 0 Å². The predicted molar refractivity (Wildman–Crippen MR) is 117 cm³/mol. The van der Waals surface area contributed by atoms with Gasteiger partial charge >= 0.3 is 17.6 Å². The molecule has 32 heavy (non-hydrogen) atoms. The van der Waals surface area contributed by atoms with Crippen LogP contribution in [0, 0.1) is 6.92 Å². The highest BCUT2D eigenvalue weighted by Crippen LogP contribution is 2.31. The summed E-state index contributed by atoms with van der Waals surface area (Å²) in [5.74, 6) is 0.0425. The van der Waals surface area contributed by atoms with Crippen molar-refractivity contribution in [3.8, 4) is 17.2 Å². The van der Waals surface area contributed by atoms with Gasteiger partial charge in [0.1, 0.15) is 11.3 Å². The summed E-state index contributed by atoms with van der Waals surface area (Å²) in [6, 6.07) is 9.28. The van der Waals surface area contributed by atoms with Crippen LogP contribution < -0.4 is 19.8 Å². The third-order valence-corrected chi connectivity index (χ3v) is 4.86. The van der Waals surface area contributed by atoms with Crippen molar-refractivity contribution in [2.24, 2.45) is 0 Å². The number of carbonyl (C=O) groups is 2. The molecule has 0 spiro atoms. The van der Waals surface area contributed by atoms with Crippen LogP contribution in [0.25, 0.3) is 11.0 Å². The Hall–Kier alpha value is -3.81. The molecule has 0 unspecified atom stereocenters. The van der Waals surface area contributed by atoms with Gasteiger partial charge in [-0.2, -0.15) is 0 Å². The second-order valence-corrected chi connectivity index (χ2v) is 6.97. The van der Waals surface area contributed by atoms with Gasteiger partial charge in [0.25, 0.3) is 0 Å². The molecule has 0 radical (unpaired) electrons. The van der Waals surface area contributed by atoms with Crippen molar-refractivity contribution in [2.45, 2.75) is 26.7 Å². The maximum absolute atomic E-state index is 12.8. The highest BCUT2D eigenvalue weighted by molar-refractivity contribution is 5.93. The van der Waals surface area contributed by atoms with Crippen molar-refractivity contribution >= 4 is 22.9 Å². The summed E-state index contributed by atoms with van der Waals surface area (Å²) in [4.78, 5) is 36.5. The molecule has 0 aliphatic carbocycles. The summed E-state index contributed by atoms with van der Waals surface area (Å²) in [6.45, 7) is 3.79. The van der Waals surface area contributed by atoms with Crippen molar-refractivity contribution < 1.29 is 33.0 Å². The molecule has 0 amide bonds. The van der Waals surface area contributed by atoms with Crippen molar-refractivity contribution in [3.05, 3.63) is 63.5 Å². The van der Waals surface area contributed by atoms with E-state index in [1.165, 1.54) is 32.4 Å². The van der Waals surface area contributed by atoms with E-state index in [0.29, 0.717) is 28.0 Å². The van der Waals surface area contributed by atoms with Crippen molar-refractivity contribution in [1.82, 2.24) is 0 Å². The molecule has 3 rings (SSSR count). The number of carbonyl (C=O) groups excluding carboxylic acids is 2. The van der Waals surface area contributed by atoms with Gasteiger partial charge in [0.15, 0.2) is 11.5 Å². The van der Waals surface area contributed by atoms with Crippen LogP contribution in [0.15, 0.2) is 45.6 Å². The Labute approximate surface area is 184 Å². The van der Waals surface area contributed by atoms with E-state index in [2.05, 4.69) is 0 Å². The van der Waals surface area contributed by atoms with Crippen LogP contribution in [0.5, 0.6) is 17.2 Å². The van der Waals surface area contributed by atoms with Gasteiger partial charge in [0.05, 0.1) is 26.4 Å². The molecular formula is C24H24O8. The number of esters is 2. The van der Waals surface area contributed by atoms with Gasteiger partial charge in [-0.25, -0.2) is 9.59 Å². The molecule has 0 fully saturated rings. The molecule has 1 heterocycles. The fraction of sp³-hybridized carbons (Fsp3) is 0.292. The average molecular weight is 440 g/mol. The summed E-state index contributed by atoms with van der Waals surface area (Å²) in [7, 11) is 2.96. The van der Waals surface area contributed by atoms with Gasteiger partial charge in [0, 0.05) is 23.9 Å². The normalized spacial score (nSPS) is 10.6. The Morgan fingerprint density at radius 3 is 2.41 bits per heavy atom. The lowest BCUT2D eigenvalue weighted by Gasteiger charge is -2.13. The Bertz CT molecular complexity index is 1210. The summed E-state index contributed by atoms with van der Waals surface area (Å²) < 4.78 is 26.3. The van der Waals surface area contributed by atoms with E-state index in [1.54, 1.807) is 32.0 Å². The minimum atomic E-state index is -0.641. The minimum absolute atomic E-state index is 0.107. The lowest BCUT2D eigenvalue weighted by Crippen LogP contribution is -2.12. The highest BCUT2D eigenvalue weighted by Gasteiger charge is 2.18. The summed E-state index contributed by atoms with van der Waals surface area (Å²) >= 11 is 0. The number of hydrogen-bond acceptors (Lipinski definition) is 8. The molecule has 0 atom stereocenters. The molecule has 0 aliphatic heterocycles. The fourth-order valence-corrected chi connectivity index (χ4v) is 3.27. The number of aryl methyl sites for hydroxylation is 2. The molecule has 1 aromatic heterocycles. The van der Waals surface area contributed by atoms with Crippen LogP contribution >= 0.6 is 0 Å². The lowest BCUT2D eigenvalue weighted by atomic mass is 10.0. The average Bonchev–Trinajstić information content (AvgIpc) is 2.77. The standard InChI is InChI=1S/C24H24O8/c1-5-30-22(25)9-7-15-11-17-14(2)10-23(26)31-20(17)13-19(15)32-24(27)16-6-8-18(28-3)21(12-16)29-4/h6,8,10-13H,5,7,9H2,1-4H3. The zero-order valence-electron chi connectivity index (χ0n) is 18.4. The van der Waals surface area contributed by atoms with Crippen LogP contribution in [-0.2, 0) is 16.0 Å². The van der Waals surface area contributed by atoms with E-state index >= 15 is 0 Å². The third-order valence-electron chi connectivity index (χ3n) is 4.86. The number of methoxy groups -OCH3 is 2. The lowest BCUT2D eigenvalue weighted by molar-refractivity contribution is -0.143. The Balaban J connectivity index is 1.99. The van der Waals surface area contributed by atoms with Crippen LogP contribution in [0.2, 0.25) is 0 Å². The topological polar surface area (TPSA) is 101 Å². The molecule has 3 aromatic rings. The summed E-state index contributed by atoms with van der Waals surface area (Å²) in [5, 5.41) is 0.689. The zero-order chi connectivity index (χ0) is 23.3. The second kappa shape index (κ2) is 10.00. The molecule has 2 aromatic carbocycles. The van der Waals surface area contributed by atoms with E-state index in [4.69, 9.17) is 23.4 Å². The van der Waals surface area contributed by atoms with Crippen molar-refractivity contribution in [2.75, 3.05) is 20.8 Å². The van der Waals surface area contributed by atoms with Gasteiger partial charge in [-0.1, -0.05) is 0 Å². The number of benzene rings is 2. The monoisotopic (exact) mass is 440 g/mol. The van der Waals surface area contributed by atoms with Gasteiger partial charge in [-0.3, -0.25) is 4.79 Å². The molecule has 0 bridgehead atoms. The molecule has 8 nitrogen and oxygen atoms in total. The molecule has 0 aliphatic rings. The zero-order valence-corrected chi connectivity index (χ0v) is 18.4. The molecular weight excluding hydrogens is 416 g/mol. The minimum Gasteiger partial charge on any atom is -0.493 e. The predicted octanol–water partition coefficient (Wildman–Crippen LogP) is 3.83. The summed E-state index contributed by atoms with van der Waals surface area (Å²) in [5.41, 5.74) is 1.34. The largest absolute Gasteiger partial charge is 0.493 e. The summed E-state index contributed by atoms with van der Waals surface area (Å²) in [6.07, 6.45) is 0.387. The number of ether oxygens (including phenoxy) is 4. The van der Waals surface area contributed by atoms with Crippen molar-refractivity contribution in [1.29, 1.82) is 0 Å². The number of fused-ring (bicyclic) bond motifs is 1. The van der Waals surface area contributed by atoms with Crippen LogP contribution in [-0.4, -0.2) is 32.8 Å². The first kappa shape index (κ1) is 22.9. The first-order valence-corrected chi connectivity index (χ1v) is 10.0. The Kier molecular flexibility index (Phi) is 7.14. The van der Waals surface area contributed by atoms with Crippen LogP contribution in [0.3, 0.4) is 0 Å². The highest BCUT2D eigenvalue weighted by atomic mass is 16.5. The molecule has 0 saturated heterocycles. The van der Waals surface area contributed by atoms with E-state index in [0.717, 1.165) is 0 Å². The van der Waals surface area contributed by atoms with Gasteiger partial charge in [0.2, 0.25) is 0 Å². The van der Waals surface area contributed by atoms with Crippen LogP contribution in [0.4, 0.5) is 0 Å². The first-order valence-electron chi connectivity index (χ1n) is 10.0. The third kappa shape index (κ3) is 5.08. The maximum Gasteiger partial charge on any atom is 0.343 e. The molecule has 0 saturated carbocycles. The fourth-order valence-electron chi connectivity index (χ4n) is 3.27. The van der Waals surface area contributed by atoms with E-state index in [-0.39, 0.29) is 42.3 Å². The first-order chi connectivity index (χ1) is 15.4. The Morgan fingerprint density at radius 1 is 0.969 bits per heavy atom.